The summed E-state index contributed by atoms with van der Waals surface area (Å²) in [7, 11) is -1.30. The molecule has 3 atom stereocenters. The summed E-state index contributed by atoms with van der Waals surface area (Å²) in [4.78, 5) is 28.2. The molecular weight excluding hydrogens is 500 g/mol. The molecule has 0 spiro atoms. The molecule has 10 nitrogen and oxygen atoms in total. The maximum Gasteiger partial charge on any atom is 0.284 e. The van der Waals surface area contributed by atoms with Crippen LogP contribution in [0.3, 0.4) is 0 Å². The molecule has 0 bridgehead atoms. The van der Waals surface area contributed by atoms with Gasteiger partial charge in [0.25, 0.3) is 5.56 Å². The van der Waals surface area contributed by atoms with Gasteiger partial charge in [-0.15, -0.1) is 0 Å². The van der Waals surface area contributed by atoms with Crippen LogP contribution in [0.15, 0.2) is 64.8 Å². The second kappa shape index (κ2) is 8.58. The Morgan fingerprint density at radius 2 is 2.03 bits per heavy atom. The number of nitrogens with zero attached hydrogens (tertiary/aromatic N) is 7. The lowest BCUT2D eigenvalue weighted by Crippen LogP contribution is -2.33. The van der Waals surface area contributed by atoms with Crippen LogP contribution in [-0.2, 0) is 10.8 Å². The molecule has 1 fully saturated rings. The Kier molecular flexibility index (Phi) is 5.35. The van der Waals surface area contributed by atoms with Crippen molar-refractivity contribution in [3.05, 3.63) is 76.3 Å². The number of para-hydroxylation sites is 1. The number of aromatic nitrogens is 6. The van der Waals surface area contributed by atoms with Crippen LogP contribution < -0.4 is 10.5 Å². The average molecular weight is 519 g/mol. The first-order valence-electron chi connectivity index (χ1n) is 11.1. The number of aromatic amines is 1. The van der Waals surface area contributed by atoms with Gasteiger partial charge in [0.2, 0.25) is 0 Å². The molecule has 180 valence electrons. The normalized spacial score (nSPS) is 18.6. The maximum absolute atomic E-state index is 13.8. The maximum atomic E-state index is 13.8. The number of nitrogens with one attached hydrogen (secondary N) is 1. The third-order valence-corrected chi connectivity index (χ3v) is 7.70. The molecule has 0 radical (unpaired) electrons. The van der Waals surface area contributed by atoms with Crippen molar-refractivity contribution in [3.63, 3.8) is 0 Å². The summed E-state index contributed by atoms with van der Waals surface area (Å²) in [5.74, 6) is 0.651. The second-order valence-electron chi connectivity index (χ2n) is 8.55. The van der Waals surface area contributed by atoms with Crippen LogP contribution in [0.5, 0.6) is 0 Å². The molecule has 1 aliphatic rings. The zero-order valence-electron chi connectivity index (χ0n) is 19.0. The van der Waals surface area contributed by atoms with Gasteiger partial charge in [-0.25, -0.2) is 14.5 Å². The van der Waals surface area contributed by atoms with Gasteiger partial charge in [0.1, 0.15) is 23.3 Å². The summed E-state index contributed by atoms with van der Waals surface area (Å²) in [6.07, 6.45) is 6.76. The lowest BCUT2D eigenvalue weighted by atomic mass is 10.1. The van der Waals surface area contributed by atoms with Crippen molar-refractivity contribution in [3.8, 4) is 11.8 Å². The summed E-state index contributed by atoms with van der Waals surface area (Å²) in [5.41, 5.74) is 1.14. The Morgan fingerprint density at radius 3 is 2.78 bits per heavy atom. The average Bonchev–Trinajstić information content (AvgIpc) is 3.61. The molecule has 1 saturated heterocycles. The van der Waals surface area contributed by atoms with Gasteiger partial charge >= 0.3 is 0 Å². The minimum atomic E-state index is -1.30. The minimum absolute atomic E-state index is 0.268. The third kappa shape index (κ3) is 3.41. The SMILES string of the molecule is C[S@](=O)c1c[nH]c2ncnc(N3C[C@@H](C#N)C[C@H]3c3nn4ccc(Cl)c4c(=O)n3-c3ccccc3)c12. The predicted molar refractivity (Wildman–Crippen MR) is 136 cm³/mol. The van der Waals surface area contributed by atoms with Crippen molar-refractivity contribution < 1.29 is 4.21 Å². The predicted octanol–water partition coefficient (Wildman–Crippen LogP) is 3.24. The van der Waals surface area contributed by atoms with Gasteiger partial charge in [-0.2, -0.15) is 10.4 Å². The Morgan fingerprint density at radius 1 is 1.22 bits per heavy atom. The number of anilines is 1. The van der Waals surface area contributed by atoms with Crippen LogP contribution in [0.1, 0.15) is 18.3 Å². The van der Waals surface area contributed by atoms with E-state index in [1.165, 1.54) is 10.8 Å². The second-order valence-corrected chi connectivity index (χ2v) is 10.3. The summed E-state index contributed by atoms with van der Waals surface area (Å²) in [6.45, 7) is 0.364. The van der Waals surface area contributed by atoms with Crippen LogP contribution in [-0.4, -0.2) is 46.1 Å². The van der Waals surface area contributed by atoms with E-state index in [0.717, 1.165) is 0 Å². The van der Waals surface area contributed by atoms with E-state index in [1.807, 2.05) is 35.2 Å². The van der Waals surface area contributed by atoms with Crippen LogP contribution >= 0.6 is 11.6 Å². The van der Waals surface area contributed by atoms with Crippen LogP contribution in [0.4, 0.5) is 5.82 Å². The van der Waals surface area contributed by atoms with Gasteiger partial charge in [-0.3, -0.25) is 13.6 Å². The largest absolute Gasteiger partial charge is 0.345 e. The highest BCUT2D eigenvalue weighted by Crippen LogP contribution is 2.41. The molecule has 1 N–H and O–H groups in total. The molecule has 12 heteroatoms. The fourth-order valence-electron chi connectivity index (χ4n) is 4.86. The number of fused-ring (bicyclic) bond motifs is 2. The molecule has 1 aliphatic heterocycles. The Bertz CT molecular complexity index is 1750. The molecule has 1 aromatic carbocycles. The van der Waals surface area contributed by atoms with Gasteiger partial charge < -0.3 is 9.88 Å². The fourth-order valence-corrected chi connectivity index (χ4v) is 5.79. The summed E-state index contributed by atoms with van der Waals surface area (Å²) in [6, 6.07) is 12.7. The number of H-pyrrole nitrogens is 1. The van der Waals surface area contributed by atoms with Gasteiger partial charge in [-0.1, -0.05) is 29.8 Å². The minimum Gasteiger partial charge on any atom is -0.345 e. The van der Waals surface area contributed by atoms with E-state index in [0.29, 0.717) is 51.2 Å². The van der Waals surface area contributed by atoms with Crippen LogP contribution in [0.2, 0.25) is 5.02 Å². The molecule has 36 heavy (non-hydrogen) atoms. The highest BCUT2D eigenvalue weighted by atomic mass is 35.5. The van der Waals surface area contributed by atoms with Gasteiger partial charge in [0.15, 0.2) is 5.82 Å². The van der Waals surface area contributed by atoms with Crippen molar-refractivity contribution in [2.45, 2.75) is 17.4 Å². The topological polar surface area (TPSA) is 125 Å². The zero-order chi connectivity index (χ0) is 25.0. The third-order valence-electron chi connectivity index (χ3n) is 6.45. The Labute approximate surface area is 212 Å². The van der Waals surface area contributed by atoms with Crippen molar-refractivity contribution in [2.24, 2.45) is 5.92 Å². The van der Waals surface area contributed by atoms with Gasteiger partial charge in [-0.05, 0) is 24.6 Å². The summed E-state index contributed by atoms with van der Waals surface area (Å²) in [5, 5.41) is 15.6. The molecule has 0 aliphatic carbocycles. The highest BCUT2D eigenvalue weighted by Gasteiger charge is 2.39. The van der Waals surface area contributed by atoms with Crippen molar-refractivity contribution >= 4 is 44.8 Å². The van der Waals surface area contributed by atoms with E-state index >= 15 is 0 Å². The van der Waals surface area contributed by atoms with E-state index in [2.05, 4.69) is 21.0 Å². The van der Waals surface area contributed by atoms with E-state index in [9.17, 15) is 14.3 Å². The molecule has 0 saturated carbocycles. The van der Waals surface area contributed by atoms with E-state index in [-0.39, 0.29) is 17.0 Å². The lowest BCUT2D eigenvalue weighted by Gasteiger charge is -2.27. The summed E-state index contributed by atoms with van der Waals surface area (Å²) >= 11 is 6.34. The smallest absolute Gasteiger partial charge is 0.284 e. The summed E-state index contributed by atoms with van der Waals surface area (Å²) < 4.78 is 15.5. The number of halogens is 1. The van der Waals surface area contributed by atoms with E-state index in [4.69, 9.17) is 16.7 Å². The van der Waals surface area contributed by atoms with Gasteiger partial charge in [0.05, 0.1) is 49.8 Å². The molecule has 5 heterocycles. The Hall–Kier alpha value is -4.01. The number of hydrogen-bond donors (Lipinski definition) is 1. The molecule has 0 unspecified atom stereocenters. The number of hydrogen-bond acceptors (Lipinski definition) is 7. The first-order chi connectivity index (χ1) is 17.5. The molecule has 4 aromatic heterocycles. The quantitative estimate of drug-likeness (QED) is 0.387. The van der Waals surface area contributed by atoms with Crippen LogP contribution in [0.25, 0.3) is 22.2 Å². The molecule has 5 aromatic rings. The number of rotatable bonds is 4. The van der Waals surface area contributed by atoms with Crippen molar-refractivity contribution in [1.29, 1.82) is 5.26 Å². The van der Waals surface area contributed by atoms with Crippen molar-refractivity contribution in [1.82, 2.24) is 29.1 Å². The first-order valence-corrected chi connectivity index (χ1v) is 13.1. The zero-order valence-corrected chi connectivity index (χ0v) is 20.6. The standard InChI is InChI=1S/C24H19ClN8O2S/c1-36(35)18-11-27-21-19(18)23(29-13-28-21)31-12-14(10-26)9-17(31)22-30-32-8-7-16(25)20(32)24(34)33(22)15-5-3-2-4-6-15/h2-8,11,13-14,17H,9,12H2,1H3,(H,27,28,29)/t14-,17+,36+/m1/s1. The molecule has 6 rings (SSSR count). The monoisotopic (exact) mass is 518 g/mol. The fraction of sp³-hybridized carbons (Fsp3) is 0.208. The van der Waals surface area contributed by atoms with Crippen LogP contribution in [0, 0.1) is 17.2 Å². The lowest BCUT2D eigenvalue weighted by molar-refractivity contribution is 0.587. The molecular formula is C24H19ClN8O2S. The van der Waals surface area contributed by atoms with E-state index in [1.54, 1.807) is 29.3 Å². The highest BCUT2D eigenvalue weighted by molar-refractivity contribution is 7.84. The Balaban J connectivity index is 1.63. The van der Waals surface area contributed by atoms with Gasteiger partial charge in [0, 0.05) is 25.2 Å². The molecule has 0 amide bonds. The first kappa shape index (κ1) is 22.5. The van der Waals surface area contributed by atoms with E-state index < -0.39 is 16.8 Å². The number of nitriles is 1. The van der Waals surface area contributed by atoms with Crippen molar-refractivity contribution in [2.75, 3.05) is 17.7 Å². The number of benzene rings is 1.